The number of pyridine rings is 1. The zero-order valence-electron chi connectivity index (χ0n) is 17.0. The summed E-state index contributed by atoms with van der Waals surface area (Å²) < 4.78 is 11.5. The van der Waals surface area contributed by atoms with E-state index in [2.05, 4.69) is 9.97 Å². The fourth-order valence-corrected chi connectivity index (χ4v) is 5.52. The molecule has 3 atom stereocenters. The molecule has 7 nitrogen and oxygen atoms in total. The molecule has 1 fully saturated rings. The van der Waals surface area contributed by atoms with Gasteiger partial charge in [0, 0.05) is 35.0 Å². The molecule has 2 aromatic heterocycles. The van der Waals surface area contributed by atoms with Crippen LogP contribution in [0.25, 0.3) is 11.1 Å². The molecular weight excluding hydrogens is 439 g/mol. The van der Waals surface area contributed by atoms with Crippen molar-refractivity contribution >= 4 is 46.2 Å². The van der Waals surface area contributed by atoms with E-state index in [0.717, 1.165) is 23.1 Å². The van der Waals surface area contributed by atoms with Crippen molar-refractivity contribution in [2.45, 2.75) is 44.2 Å². The van der Waals surface area contributed by atoms with Crippen LogP contribution in [0.1, 0.15) is 48.4 Å². The van der Waals surface area contributed by atoms with Gasteiger partial charge in [0.15, 0.2) is 5.58 Å². The van der Waals surface area contributed by atoms with Crippen molar-refractivity contribution in [1.29, 1.82) is 0 Å². The third-order valence-corrected chi connectivity index (χ3v) is 6.84. The average Bonchev–Trinajstić information content (AvgIpc) is 3.13. The summed E-state index contributed by atoms with van der Waals surface area (Å²) in [6.07, 6.45) is 4.89. The van der Waals surface area contributed by atoms with Gasteiger partial charge in [0.2, 0.25) is 0 Å². The monoisotopic (exact) mass is 460 g/mol. The van der Waals surface area contributed by atoms with Gasteiger partial charge in [-0.25, -0.2) is 0 Å². The highest BCUT2D eigenvalue weighted by atomic mass is 35.5. The van der Waals surface area contributed by atoms with E-state index in [1.807, 2.05) is 17.9 Å². The minimum Gasteiger partial charge on any atom is -0.423 e. The molecule has 162 valence electrons. The fraction of sp³-hybridized carbons (Fsp3) is 0.409. The summed E-state index contributed by atoms with van der Waals surface area (Å²) in [4.78, 5) is 23.8. The quantitative estimate of drug-likeness (QED) is 0.603. The van der Waals surface area contributed by atoms with Gasteiger partial charge in [-0.3, -0.25) is 9.78 Å². The number of aromatic nitrogens is 2. The molecule has 2 aliphatic heterocycles. The Kier molecular flexibility index (Phi) is 5.28. The number of nitrogen functional groups attached to an aromatic ring is 1. The number of carbonyl (C=O) groups excluding carboxylic acids is 1. The van der Waals surface area contributed by atoms with E-state index < -0.39 is 6.10 Å². The van der Waals surface area contributed by atoms with Crippen molar-refractivity contribution in [3.05, 3.63) is 51.3 Å². The number of ether oxygens (including phenoxy) is 1. The molecule has 0 saturated carbocycles. The third-order valence-electron chi connectivity index (χ3n) is 6.31. The lowest BCUT2D eigenvalue weighted by Crippen LogP contribution is -2.47. The Hall–Kier alpha value is -2.35. The van der Waals surface area contributed by atoms with Crippen LogP contribution < -0.4 is 5.73 Å². The Balaban J connectivity index is 1.38. The molecule has 0 bridgehead atoms. The van der Waals surface area contributed by atoms with E-state index in [0.29, 0.717) is 47.1 Å². The van der Waals surface area contributed by atoms with E-state index >= 15 is 0 Å². The normalized spacial score (nSPS) is 23.7. The Bertz CT molecular complexity index is 1170. The Morgan fingerprint density at radius 1 is 1.29 bits per heavy atom. The minimum absolute atomic E-state index is 0.0221. The largest absolute Gasteiger partial charge is 0.423 e. The van der Waals surface area contributed by atoms with Gasteiger partial charge in [-0.15, -0.1) is 0 Å². The number of rotatable bonds is 2. The molecule has 9 heteroatoms. The summed E-state index contributed by atoms with van der Waals surface area (Å²) in [7, 11) is 0. The van der Waals surface area contributed by atoms with Crippen LogP contribution in [0.4, 0.5) is 6.01 Å². The lowest BCUT2D eigenvalue weighted by Gasteiger charge is -2.39. The van der Waals surface area contributed by atoms with E-state index in [1.54, 1.807) is 18.5 Å². The molecule has 0 radical (unpaired) electrons. The van der Waals surface area contributed by atoms with Crippen LogP contribution in [0.3, 0.4) is 0 Å². The molecule has 31 heavy (non-hydrogen) atoms. The van der Waals surface area contributed by atoms with Gasteiger partial charge >= 0.3 is 0 Å². The van der Waals surface area contributed by atoms with Crippen LogP contribution in [0.2, 0.25) is 10.0 Å². The first kappa shape index (κ1) is 20.5. The van der Waals surface area contributed by atoms with Crippen molar-refractivity contribution < 1.29 is 13.9 Å². The van der Waals surface area contributed by atoms with Crippen LogP contribution in [0.15, 0.2) is 28.9 Å². The molecule has 0 unspecified atom stereocenters. The number of fused-ring (bicyclic) bond motifs is 2. The van der Waals surface area contributed by atoms with Crippen molar-refractivity contribution in [3.63, 3.8) is 0 Å². The highest BCUT2D eigenvalue weighted by Gasteiger charge is 2.37. The van der Waals surface area contributed by atoms with E-state index in [1.165, 1.54) is 0 Å². The van der Waals surface area contributed by atoms with Gasteiger partial charge in [0.25, 0.3) is 11.9 Å². The summed E-state index contributed by atoms with van der Waals surface area (Å²) in [5, 5.41) is 1.21. The summed E-state index contributed by atoms with van der Waals surface area (Å²) >= 11 is 12.6. The van der Waals surface area contributed by atoms with Crippen LogP contribution in [0, 0.1) is 0 Å². The molecule has 3 aromatic rings. The fourth-order valence-electron chi connectivity index (χ4n) is 4.82. The van der Waals surface area contributed by atoms with Gasteiger partial charge < -0.3 is 19.8 Å². The SMILES string of the molecule is C[C@H]1c2c(Cl)cc(Cl)cc2CCN1C(=O)[C@@H]1C[C@H](c2cncc3nc(N)oc23)CCO1. The zero-order valence-corrected chi connectivity index (χ0v) is 18.5. The number of hydrogen-bond donors (Lipinski definition) is 1. The number of oxazole rings is 1. The van der Waals surface area contributed by atoms with Gasteiger partial charge in [0.1, 0.15) is 11.6 Å². The maximum atomic E-state index is 13.5. The van der Waals surface area contributed by atoms with Crippen LogP contribution in [0.5, 0.6) is 0 Å². The molecule has 5 rings (SSSR count). The summed E-state index contributed by atoms with van der Waals surface area (Å²) in [6.45, 7) is 3.08. The second-order valence-electron chi connectivity index (χ2n) is 8.13. The third kappa shape index (κ3) is 3.64. The number of amides is 1. The first-order valence-corrected chi connectivity index (χ1v) is 11.1. The number of hydrogen-bond acceptors (Lipinski definition) is 6. The van der Waals surface area contributed by atoms with Crippen molar-refractivity contribution in [1.82, 2.24) is 14.9 Å². The number of halogens is 2. The molecule has 0 spiro atoms. The van der Waals surface area contributed by atoms with Crippen molar-refractivity contribution in [3.8, 4) is 0 Å². The van der Waals surface area contributed by atoms with Crippen LogP contribution in [-0.2, 0) is 16.0 Å². The molecule has 4 heterocycles. The van der Waals surface area contributed by atoms with Gasteiger partial charge in [-0.2, -0.15) is 4.98 Å². The highest BCUT2D eigenvalue weighted by Crippen LogP contribution is 2.39. The highest BCUT2D eigenvalue weighted by molar-refractivity contribution is 6.35. The van der Waals surface area contributed by atoms with Gasteiger partial charge in [0.05, 0.1) is 12.2 Å². The van der Waals surface area contributed by atoms with E-state index in [4.69, 9.17) is 38.1 Å². The molecular formula is C22H22Cl2N4O3. The summed E-state index contributed by atoms with van der Waals surface area (Å²) in [6, 6.07) is 3.63. The number of nitrogens with two attached hydrogens (primary N) is 1. The topological polar surface area (TPSA) is 94.5 Å². The Morgan fingerprint density at radius 3 is 2.97 bits per heavy atom. The van der Waals surface area contributed by atoms with Gasteiger partial charge in [-0.05, 0) is 55.4 Å². The van der Waals surface area contributed by atoms with Crippen molar-refractivity contribution in [2.24, 2.45) is 0 Å². The smallest absolute Gasteiger partial charge is 0.293 e. The van der Waals surface area contributed by atoms with E-state index in [-0.39, 0.29) is 23.9 Å². The number of carbonyl (C=O) groups is 1. The standard InChI is InChI=1S/C22H22Cl2N4O3/c1-11-19-13(6-14(23)8-16(19)24)2-4-28(11)21(29)18-7-12(3-5-30-18)15-9-26-10-17-20(15)31-22(25)27-17/h6,8-12,18H,2-5,7H2,1H3,(H2,25,27)/t11-,12+,18-/m0/s1. The molecule has 2 aliphatic rings. The second kappa shape index (κ2) is 7.97. The molecule has 0 aliphatic carbocycles. The summed E-state index contributed by atoms with van der Waals surface area (Å²) in [5.74, 6) is 0.0483. The molecule has 1 saturated heterocycles. The van der Waals surface area contributed by atoms with Crippen LogP contribution in [-0.4, -0.2) is 40.0 Å². The second-order valence-corrected chi connectivity index (χ2v) is 8.97. The van der Waals surface area contributed by atoms with Gasteiger partial charge in [-0.1, -0.05) is 23.2 Å². The Labute approximate surface area is 189 Å². The number of anilines is 1. The molecule has 1 amide bonds. The first-order chi connectivity index (χ1) is 14.9. The number of nitrogens with zero attached hydrogens (tertiary/aromatic N) is 3. The number of benzene rings is 1. The summed E-state index contributed by atoms with van der Waals surface area (Å²) in [5.41, 5.74) is 9.96. The van der Waals surface area contributed by atoms with Crippen molar-refractivity contribution in [2.75, 3.05) is 18.9 Å². The van der Waals surface area contributed by atoms with Crippen LogP contribution >= 0.6 is 23.2 Å². The predicted molar refractivity (Wildman–Crippen MR) is 118 cm³/mol. The molecule has 1 aromatic carbocycles. The Morgan fingerprint density at radius 2 is 2.13 bits per heavy atom. The lowest BCUT2D eigenvalue weighted by atomic mass is 9.87. The average molecular weight is 461 g/mol. The molecule has 2 N–H and O–H groups in total. The predicted octanol–water partition coefficient (Wildman–Crippen LogP) is 4.52. The first-order valence-electron chi connectivity index (χ1n) is 10.3. The van der Waals surface area contributed by atoms with E-state index in [9.17, 15) is 4.79 Å². The maximum absolute atomic E-state index is 13.5. The lowest BCUT2D eigenvalue weighted by molar-refractivity contribution is -0.149. The minimum atomic E-state index is -0.538. The maximum Gasteiger partial charge on any atom is 0.293 e. The zero-order chi connectivity index (χ0) is 21.7.